The molecule has 2 rings (SSSR count). The third kappa shape index (κ3) is 2.68. The molecule has 94 valence electrons. The largest absolute Gasteiger partial charge is 0.383 e. The highest BCUT2D eigenvalue weighted by Gasteiger charge is 2.19. The van der Waals surface area contributed by atoms with E-state index in [1.807, 2.05) is 31.2 Å². The average molecular weight is 277 g/mol. The van der Waals surface area contributed by atoms with Crippen LogP contribution >= 0.6 is 0 Å². The van der Waals surface area contributed by atoms with Crippen LogP contribution in [-0.4, -0.2) is 5.84 Å². The van der Waals surface area contributed by atoms with Gasteiger partial charge in [-0.1, -0.05) is 39.8 Å². The van der Waals surface area contributed by atoms with Crippen LogP contribution in [-0.2, 0) is 27.2 Å². The summed E-state index contributed by atoms with van der Waals surface area (Å²) in [5, 5.41) is 10.8. The number of amidine groups is 1. The molecular formula is C13H15N3S2. The SMILES string of the molecule is CC1=C(NCc2ccccc2)C=C(C(=N)N)S1=S. The van der Waals surface area contributed by atoms with Gasteiger partial charge in [0, 0.05) is 17.1 Å². The van der Waals surface area contributed by atoms with Crippen LogP contribution in [0.4, 0.5) is 0 Å². The first kappa shape index (κ1) is 13.0. The van der Waals surface area contributed by atoms with Gasteiger partial charge in [-0.3, -0.25) is 5.41 Å². The summed E-state index contributed by atoms with van der Waals surface area (Å²) in [6, 6.07) is 10.2. The van der Waals surface area contributed by atoms with Crippen LogP contribution in [0.5, 0.6) is 0 Å². The Hall–Kier alpha value is -1.46. The minimum atomic E-state index is -0.461. The van der Waals surface area contributed by atoms with Gasteiger partial charge >= 0.3 is 0 Å². The molecule has 0 amide bonds. The van der Waals surface area contributed by atoms with Gasteiger partial charge in [-0.05, 0) is 29.8 Å². The lowest BCUT2D eigenvalue weighted by Crippen LogP contribution is -2.14. The van der Waals surface area contributed by atoms with Gasteiger partial charge < -0.3 is 11.1 Å². The number of hydrogen-bond donors (Lipinski definition) is 3. The zero-order valence-electron chi connectivity index (χ0n) is 10.1. The predicted octanol–water partition coefficient (Wildman–Crippen LogP) is 1.92. The Morgan fingerprint density at radius 1 is 1.39 bits per heavy atom. The Bertz CT molecular complexity index is 559. The summed E-state index contributed by atoms with van der Waals surface area (Å²) in [6.45, 7) is 2.75. The van der Waals surface area contributed by atoms with Crippen molar-refractivity contribution < 1.29 is 0 Å². The number of nitrogens with one attached hydrogen (secondary N) is 2. The van der Waals surface area contributed by atoms with Gasteiger partial charge in [-0.15, -0.1) is 0 Å². The molecule has 0 spiro atoms. The van der Waals surface area contributed by atoms with Crippen LogP contribution in [0.2, 0.25) is 0 Å². The Balaban J connectivity index is 2.10. The van der Waals surface area contributed by atoms with Crippen LogP contribution in [0.1, 0.15) is 12.5 Å². The van der Waals surface area contributed by atoms with Gasteiger partial charge in [0.05, 0.1) is 4.91 Å². The summed E-state index contributed by atoms with van der Waals surface area (Å²) < 4.78 is 0. The number of hydrogen-bond acceptors (Lipinski definition) is 3. The molecule has 5 heteroatoms. The van der Waals surface area contributed by atoms with E-state index < -0.39 is 9.45 Å². The monoisotopic (exact) mass is 277 g/mol. The van der Waals surface area contributed by atoms with Gasteiger partial charge in [0.25, 0.3) is 0 Å². The van der Waals surface area contributed by atoms with E-state index in [1.165, 1.54) is 5.56 Å². The molecule has 1 unspecified atom stereocenters. The van der Waals surface area contributed by atoms with Gasteiger partial charge in [-0.25, -0.2) is 0 Å². The predicted molar refractivity (Wildman–Crippen MR) is 80.7 cm³/mol. The number of allylic oxidation sites excluding steroid dienone is 2. The second kappa shape index (κ2) is 5.46. The van der Waals surface area contributed by atoms with Crippen LogP contribution in [0.25, 0.3) is 0 Å². The van der Waals surface area contributed by atoms with Crippen molar-refractivity contribution in [3.63, 3.8) is 0 Å². The highest BCUT2D eigenvalue weighted by Crippen LogP contribution is 2.24. The van der Waals surface area contributed by atoms with E-state index in [2.05, 4.69) is 17.4 Å². The van der Waals surface area contributed by atoms with Gasteiger partial charge in [0.15, 0.2) is 0 Å². The molecule has 1 aliphatic rings. The Labute approximate surface area is 114 Å². The molecule has 18 heavy (non-hydrogen) atoms. The van der Waals surface area contributed by atoms with Gasteiger partial charge in [-0.2, -0.15) is 0 Å². The van der Waals surface area contributed by atoms with Crippen molar-refractivity contribution >= 4 is 26.5 Å². The van der Waals surface area contributed by atoms with Crippen molar-refractivity contribution in [1.29, 1.82) is 5.41 Å². The molecule has 1 aromatic carbocycles. The molecule has 0 radical (unpaired) electrons. The molecule has 1 aliphatic heterocycles. The summed E-state index contributed by atoms with van der Waals surface area (Å²) >= 11 is 5.37. The highest BCUT2D eigenvalue weighted by molar-refractivity contribution is 8.33. The quantitative estimate of drug-likeness (QED) is 0.582. The number of rotatable bonds is 4. The lowest BCUT2D eigenvalue weighted by molar-refractivity contribution is 0.830. The van der Waals surface area contributed by atoms with Crippen LogP contribution in [0.15, 0.2) is 51.9 Å². The van der Waals surface area contributed by atoms with E-state index in [4.69, 9.17) is 22.3 Å². The molecular weight excluding hydrogens is 262 g/mol. The Kier molecular flexibility index (Phi) is 3.93. The summed E-state index contributed by atoms with van der Waals surface area (Å²) in [5.41, 5.74) is 7.74. The van der Waals surface area contributed by atoms with Crippen molar-refractivity contribution in [3.05, 3.63) is 57.5 Å². The number of benzene rings is 1. The maximum absolute atomic E-state index is 7.49. The molecule has 4 N–H and O–H groups in total. The first-order valence-corrected chi connectivity index (χ1v) is 7.71. The molecule has 0 fully saturated rings. The fourth-order valence-electron chi connectivity index (χ4n) is 1.70. The molecule has 1 atom stereocenters. The Morgan fingerprint density at radius 2 is 2.06 bits per heavy atom. The summed E-state index contributed by atoms with van der Waals surface area (Å²) in [4.78, 5) is 1.84. The molecule has 0 saturated carbocycles. The van der Waals surface area contributed by atoms with Crippen LogP contribution < -0.4 is 11.1 Å². The minimum absolute atomic E-state index is 0.0733. The van der Waals surface area contributed by atoms with E-state index in [1.54, 1.807) is 0 Å². The second-order valence-corrected chi connectivity index (χ2v) is 6.59. The maximum atomic E-state index is 7.49. The van der Waals surface area contributed by atoms with E-state index in [0.29, 0.717) is 0 Å². The third-order valence-corrected chi connectivity index (χ3v) is 5.53. The standard InChI is InChI=1S/C13H15N3S2/c1-9-11(7-12(13(14)15)18(9)17)16-8-10-5-3-2-4-6-10/h2-7,16H,8H2,1H3,(H3,14,15). The average Bonchev–Trinajstić information content (AvgIpc) is 2.65. The first-order valence-electron chi connectivity index (χ1n) is 5.56. The molecule has 0 aliphatic carbocycles. The summed E-state index contributed by atoms with van der Waals surface area (Å²) in [5.74, 6) is 0.0733. The third-order valence-electron chi connectivity index (χ3n) is 2.72. The molecule has 0 aromatic heterocycles. The molecule has 1 heterocycles. The van der Waals surface area contributed by atoms with Crippen molar-refractivity contribution in [2.24, 2.45) is 5.73 Å². The van der Waals surface area contributed by atoms with E-state index in [9.17, 15) is 0 Å². The van der Waals surface area contributed by atoms with Crippen molar-refractivity contribution in [1.82, 2.24) is 5.32 Å². The maximum Gasteiger partial charge on any atom is 0.130 e. The zero-order chi connectivity index (χ0) is 13.1. The molecule has 3 nitrogen and oxygen atoms in total. The van der Waals surface area contributed by atoms with Crippen molar-refractivity contribution in [2.75, 3.05) is 0 Å². The van der Waals surface area contributed by atoms with E-state index in [0.717, 1.165) is 22.1 Å². The van der Waals surface area contributed by atoms with Gasteiger partial charge in [0.2, 0.25) is 0 Å². The minimum Gasteiger partial charge on any atom is -0.383 e. The molecule has 0 bridgehead atoms. The van der Waals surface area contributed by atoms with Crippen molar-refractivity contribution in [2.45, 2.75) is 13.5 Å². The Morgan fingerprint density at radius 3 is 2.61 bits per heavy atom. The fraction of sp³-hybridized carbons (Fsp3) is 0.154. The smallest absolute Gasteiger partial charge is 0.130 e. The highest BCUT2D eigenvalue weighted by atomic mass is 32.8. The first-order chi connectivity index (χ1) is 8.59. The van der Waals surface area contributed by atoms with Crippen LogP contribution in [0.3, 0.4) is 0 Å². The molecule has 0 saturated heterocycles. The lowest BCUT2D eigenvalue weighted by Gasteiger charge is -2.07. The van der Waals surface area contributed by atoms with Crippen LogP contribution in [0, 0.1) is 5.41 Å². The fourth-order valence-corrected chi connectivity index (χ4v) is 3.47. The number of nitrogens with two attached hydrogens (primary N) is 1. The topological polar surface area (TPSA) is 61.9 Å². The van der Waals surface area contributed by atoms with E-state index >= 15 is 0 Å². The van der Waals surface area contributed by atoms with Gasteiger partial charge in [0.1, 0.15) is 5.84 Å². The lowest BCUT2D eigenvalue weighted by atomic mass is 10.2. The summed E-state index contributed by atoms with van der Waals surface area (Å²) in [6.07, 6.45) is 1.90. The van der Waals surface area contributed by atoms with Crippen molar-refractivity contribution in [3.8, 4) is 0 Å². The zero-order valence-corrected chi connectivity index (χ0v) is 11.7. The normalized spacial score (nSPS) is 18.7. The summed E-state index contributed by atoms with van der Waals surface area (Å²) in [7, 11) is -0.461. The van der Waals surface area contributed by atoms with E-state index in [-0.39, 0.29) is 5.84 Å². The second-order valence-electron chi connectivity index (χ2n) is 4.00. The molecule has 1 aromatic rings.